The van der Waals surface area contributed by atoms with Gasteiger partial charge in [-0.1, -0.05) is 30.3 Å². The summed E-state index contributed by atoms with van der Waals surface area (Å²) in [6.07, 6.45) is -5.90. The Bertz CT molecular complexity index is 1330. The zero-order valence-corrected chi connectivity index (χ0v) is 21.5. The van der Waals surface area contributed by atoms with E-state index in [1.807, 2.05) is 30.5 Å². The first-order valence-electron chi connectivity index (χ1n) is 13.2. The molecule has 0 unspecified atom stereocenters. The highest BCUT2D eigenvalue weighted by atomic mass is 19.4. The summed E-state index contributed by atoms with van der Waals surface area (Å²) in [5.74, 6) is 0.583. The first-order valence-corrected chi connectivity index (χ1v) is 13.2. The average Bonchev–Trinajstić information content (AvgIpc) is 3.64. The van der Waals surface area contributed by atoms with Crippen LogP contribution in [0.15, 0.2) is 54.7 Å². The van der Waals surface area contributed by atoms with Crippen molar-refractivity contribution < 1.29 is 36.2 Å². The number of aliphatic hydroxyl groups is 1. The molecule has 1 aliphatic heterocycles. The standard InChI is InChI=1S/C28H30F6N4O2/c29-27(30,31)26(40,28(32,33)34)21-6-3-19(4-7-21)17-37-12-10-23(11-13-37)38-14-9-20-5-8-22(15-24(20)38)36-25(39)35-16-18-1-2-18/h3-9,14-15,18,23,40H,1-2,10-13,16-17H2,(H2,35,36,39). The normalized spacial score (nSPS) is 17.8. The third-order valence-electron chi connectivity index (χ3n) is 7.78. The van der Waals surface area contributed by atoms with E-state index in [-0.39, 0.29) is 12.1 Å². The van der Waals surface area contributed by atoms with Crippen LogP contribution in [0.1, 0.15) is 42.9 Å². The molecule has 3 N–H and O–H groups in total. The van der Waals surface area contributed by atoms with E-state index in [0.717, 1.165) is 36.6 Å². The van der Waals surface area contributed by atoms with Gasteiger partial charge in [0.2, 0.25) is 0 Å². The molecular weight excluding hydrogens is 538 g/mol. The van der Waals surface area contributed by atoms with E-state index in [9.17, 15) is 36.2 Å². The molecule has 216 valence electrons. The molecule has 40 heavy (non-hydrogen) atoms. The van der Waals surface area contributed by atoms with E-state index in [2.05, 4.69) is 20.1 Å². The lowest BCUT2D eigenvalue weighted by Gasteiger charge is -2.34. The van der Waals surface area contributed by atoms with Gasteiger partial charge in [0.25, 0.3) is 5.60 Å². The molecular formula is C28H30F6N4O2. The lowest BCUT2D eigenvalue weighted by atomic mass is 9.91. The van der Waals surface area contributed by atoms with Crippen LogP contribution in [0.2, 0.25) is 0 Å². The summed E-state index contributed by atoms with van der Waals surface area (Å²) < 4.78 is 81.1. The number of hydrogen-bond donors (Lipinski definition) is 3. The molecule has 0 bridgehead atoms. The zero-order chi connectivity index (χ0) is 28.7. The van der Waals surface area contributed by atoms with Crippen molar-refractivity contribution in [3.05, 3.63) is 65.9 Å². The molecule has 2 heterocycles. The predicted molar refractivity (Wildman–Crippen MR) is 138 cm³/mol. The number of piperidine rings is 1. The number of likely N-dealkylation sites (tertiary alicyclic amines) is 1. The number of fused-ring (bicyclic) bond motifs is 1. The number of halogens is 6. The Kier molecular flexibility index (Phi) is 7.51. The number of nitrogens with one attached hydrogen (secondary N) is 2. The number of alkyl halides is 6. The lowest BCUT2D eigenvalue weighted by Crippen LogP contribution is -2.53. The summed E-state index contributed by atoms with van der Waals surface area (Å²) in [5.41, 5.74) is -3.94. The van der Waals surface area contributed by atoms with Gasteiger partial charge < -0.3 is 20.3 Å². The molecule has 1 aromatic heterocycles. The van der Waals surface area contributed by atoms with E-state index >= 15 is 0 Å². The SMILES string of the molecule is O=C(NCC1CC1)Nc1ccc2ccn(C3CCN(Cc4ccc(C(O)(C(F)(F)F)C(F)(F)F)cc4)CC3)c2c1. The number of rotatable bonds is 7. The number of amides is 2. The summed E-state index contributed by atoms with van der Waals surface area (Å²) in [4.78, 5) is 14.3. The van der Waals surface area contributed by atoms with Crippen molar-refractivity contribution in [2.75, 3.05) is 25.0 Å². The van der Waals surface area contributed by atoms with Crippen LogP contribution in [0.3, 0.4) is 0 Å². The fraction of sp³-hybridized carbons (Fsp3) is 0.464. The van der Waals surface area contributed by atoms with Crippen LogP contribution in [0.5, 0.6) is 0 Å². The number of urea groups is 1. The maximum atomic E-state index is 13.1. The molecule has 3 aromatic rings. The second kappa shape index (κ2) is 10.6. The molecule has 1 aliphatic carbocycles. The van der Waals surface area contributed by atoms with Crippen LogP contribution in [0.4, 0.5) is 36.8 Å². The molecule has 2 aliphatic rings. The van der Waals surface area contributed by atoms with Gasteiger partial charge in [0.05, 0.1) is 5.52 Å². The molecule has 1 saturated heterocycles. The Morgan fingerprint density at radius 2 is 1.55 bits per heavy atom. The largest absolute Gasteiger partial charge is 0.430 e. The zero-order valence-electron chi connectivity index (χ0n) is 21.5. The monoisotopic (exact) mass is 568 g/mol. The Hall–Kier alpha value is -3.25. The lowest BCUT2D eigenvalue weighted by molar-refractivity contribution is -0.376. The maximum absolute atomic E-state index is 13.1. The highest BCUT2D eigenvalue weighted by Crippen LogP contribution is 2.50. The van der Waals surface area contributed by atoms with Crippen molar-refractivity contribution in [2.24, 2.45) is 5.92 Å². The first-order chi connectivity index (χ1) is 18.8. The number of anilines is 1. The van der Waals surface area contributed by atoms with Gasteiger partial charge in [-0.05, 0) is 60.7 Å². The van der Waals surface area contributed by atoms with Gasteiger partial charge in [-0.15, -0.1) is 0 Å². The van der Waals surface area contributed by atoms with Crippen molar-refractivity contribution in [1.82, 2.24) is 14.8 Å². The van der Waals surface area contributed by atoms with Crippen LogP contribution in [-0.4, -0.2) is 52.6 Å². The minimum atomic E-state index is -5.91. The van der Waals surface area contributed by atoms with E-state index in [1.54, 1.807) is 0 Å². The summed E-state index contributed by atoms with van der Waals surface area (Å²) in [6.45, 7) is 2.40. The highest BCUT2D eigenvalue weighted by Gasteiger charge is 2.71. The number of benzene rings is 2. The molecule has 6 nitrogen and oxygen atoms in total. The van der Waals surface area contributed by atoms with Crippen LogP contribution in [0, 0.1) is 5.92 Å². The average molecular weight is 569 g/mol. The van der Waals surface area contributed by atoms with Crippen molar-refractivity contribution in [3.8, 4) is 0 Å². The van der Waals surface area contributed by atoms with Gasteiger partial charge in [0, 0.05) is 49.7 Å². The molecule has 5 rings (SSSR count). The van der Waals surface area contributed by atoms with Crippen molar-refractivity contribution >= 4 is 22.6 Å². The Balaban J connectivity index is 1.20. The summed E-state index contributed by atoms with van der Waals surface area (Å²) >= 11 is 0. The molecule has 12 heteroatoms. The third-order valence-corrected chi connectivity index (χ3v) is 7.78. The Morgan fingerprint density at radius 1 is 0.900 bits per heavy atom. The Morgan fingerprint density at radius 3 is 2.15 bits per heavy atom. The van der Waals surface area contributed by atoms with Crippen molar-refractivity contribution in [1.29, 1.82) is 0 Å². The number of carbonyl (C=O) groups excluding carboxylic acids is 1. The van der Waals surface area contributed by atoms with Crippen molar-refractivity contribution in [3.63, 3.8) is 0 Å². The molecule has 0 radical (unpaired) electrons. The molecule has 2 fully saturated rings. The minimum absolute atomic E-state index is 0.198. The maximum Gasteiger partial charge on any atom is 0.430 e. The summed E-state index contributed by atoms with van der Waals surface area (Å²) in [5, 5.41) is 16.4. The number of hydrogen-bond acceptors (Lipinski definition) is 3. The van der Waals surface area contributed by atoms with E-state index in [0.29, 0.717) is 55.5 Å². The molecule has 2 amide bonds. The molecule has 1 saturated carbocycles. The summed E-state index contributed by atoms with van der Waals surface area (Å²) in [6, 6.07) is 11.5. The smallest absolute Gasteiger partial charge is 0.369 e. The van der Waals surface area contributed by atoms with Gasteiger partial charge >= 0.3 is 18.4 Å². The van der Waals surface area contributed by atoms with E-state index < -0.39 is 23.5 Å². The fourth-order valence-electron chi connectivity index (χ4n) is 5.23. The second-order valence-corrected chi connectivity index (χ2v) is 10.7. The minimum Gasteiger partial charge on any atom is -0.369 e. The predicted octanol–water partition coefficient (Wildman–Crippen LogP) is 6.32. The van der Waals surface area contributed by atoms with E-state index in [4.69, 9.17) is 0 Å². The van der Waals surface area contributed by atoms with Gasteiger partial charge in [-0.2, -0.15) is 26.3 Å². The Labute approximate surface area is 226 Å². The first kappa shape index (κ1) is 28.3. The van der Waals surface area contributed by atoms with E-state index in [1.165, 1.54) is 12.1 Å². The van der Waals surface area contributed by atoms with Crippen LogP contribution < -0.4 is 10.6 Å². The number of aromatic nitrogens is 1. The third kappa shape index (κ3) is 5.78. The van der Waals surface area contributed by atoms with Gasteiger partial charge in [0.1, 0.15) is 0 Å². The quantitative estimate of drug-likeness (QED) is 0.292. The second-order valence-electron chi connectivity index (χ2n) is 10.7. The topological polar surface area (TPSA) is 69.5 Å². The number of carbonyl (C=O) groups is 1. The van der Waals surface area contributed by atoms with Crippen LogP contribution in [0.25, 0.3) is 10.9 Å². The van der Waals surface area contributed by atoms with Crippen molar-refractivity contribution in [2.45, 2.75) is 56.2 Å². The highest BCUT2D eigenvalue weighted by molar-refractivity contribution is 5.92. The molecule has 0 spiro atoms. The summed E-state index contributed by atoms with van der Waals surface area (Å²) in [7, 11) is 0. The molecule has 0 atom stereocenters. The van der Waals surface area contributed by atoms with Gasteiger partial charge in [-0.25, -0.2) is 4.79 Å². The van der Waals surface area contributed by atoms with Gasteiger partial charge in [0.15, 0.2) is 0 Å². The van der Waals surface area contributed by atoms with Gasteiger partial charge in [-0.3, -0.25) is 4.90 Å². The fourth-order valence-corrected chi connectivity index (χ4v) is 5.23. The van der Waals surface area contributed by atoms with Crippen LogP contribution >= 0.6 is 0 Å². The molecule has 2 aromatic carbocycles. The number of nitrogens with zero attached hydrogens (tertiary/aromatic N) is 2. The van der Waals surface area contributed by atoms with Crippen LogP contribution in [-0.2, 0) is 12.1 Å².